The van der Waals surface area contributed by atoms with Crippen LogP contribution in [0, 0.1) is 6.92 Å². The van der Waals surface area contributed by atoms with Crippen molar-refractivity contribution in [3.8, 4) is 0 Å². The third kappa shape index (κ3) is 2.56. The fraction of sp³-hybridized carbons (Fsp3) is 0.364. The lowest BCUT2D eigenvalue weighted by atomic mass is 10.3. The summed E-state index contributed by atoms with van der Waals surface area (Å²) in [6.07, 6.45) is 6.22. The van der Waals surface area contributed by atoms with Gasteiger partial charge in [0.15, 0.2) is 0 Å². The molecule has 16 heavy (non-hydrogen) atoms. The van der Waals surface area contributed by atoms with Crippen LogP contribution >= 0.6 is 0 Å². The number of nitrogens with zero attached hydrogens (tertiary/aromatic N) is 4. The van der Waals surface area contributed by atoms with Crippen LogP contribution in [0.1, 0.15) is 11.4 Å². The van der Waals surface area contributed by atoms with Crippen LogP contribution in [0.5, 0.6) is 0 Å². The Hall–Kier alpha value is -1.91. The molecule has 5 heteroatoms. The zero-order valence-electron chi connectivity index (χ0n) is 9.51. The molecule has 0 aliphatic carbocycles. The van der Waals surface area contributed by atoms with E-state index in [9.17, 15) is 0 Å². The highest BCUT2D eigenvalue weighted by Crippen LogP contribution is 2.05. The Morgan fingerprint density at radius 3 is 2.81 bits per heavy atom. The molecule has 5 nitrogen and oxygen atoms in total. The molecule has 0 saturated carbocycles. The fourth-order valence-corrected chi connectivity index (χ4v) is 1.49. The van der Waals surface area contributed by atoms with Gasteiger partial charge < -0.3 is 5.32 Å². The molecule has 2 rings (SSSR count). The molecule has 0 aliphatic rings. The molecule has 1 N–H and O–H groups in total. The van der Waals surface area contributed by atoms with Gasteiger partial charge in [0, 0.05) is 38.6 Å². The number of anilines is 1. The molecule has 0 aromatic carbocycles. The van der Waals surface area contributed by atoms with Gasteiger partial charge in [0.1, 0.15) is 5.82 Å². The first-order valence-corrected chi connectivity index (χ1v) is 5.26. The second-order valence-electron chi connectivity index (χ2n) is 3.65. The average Bonchev–Trinajstić information content (AvgIpc) is 2.67. The third-order valence-corrected chi connectivity index (χ3v) is 2.32. The van der Waals surface area contributed by atoms with Gasteiger partial charge in [0.05, 0.1) is 11.4 Å². The molecule has 2 aromatic heterocycles. The summed E-state index contributed by atoms with van der Waals surface area (Å²) >= 11 is 0. The van der Waals surface area contributed by atoms with Crippen molar-refractivity contribution in [1.82, 2.24) is 19.7 Å². The van der Waals surface area contributed by atoms with Crippen molar-refractivity contribution < 1.29 is 0 Å². The summed E-state index contributed by atoms with van der Waals surface area (Å²) in [4.78, 5) is 8.38. The van der Waals surface area contributed by atoms with Gasteiger partial charge in [-0.3, -0.25) is 9.67 Å². The topological polar surface area (TPSA) is 55.6 Å². The Morgan fingerprint density at radius 1 is 1.31 bits per heavy atom. The Balaban J connectivity index is 1.87. The molecule has 0 amide bonds. The molecule has 0 saturated heterocycles. The normalized spacial score (nSPS) is 10.4. The van der Waals surface area contributed by atoms with Crippen molar-refractivity contribution in [2.75, 3.05) is 11.9 Å². The van der Waals surface area contributed by atoms with E-state index in [1.165, 1.54) is 0 Å². The highest BCUT2D eigenvalue weighted by Gasteiger charge is 2.00. The number of nitrogens with one attached hydrogen (secondary N) is 1. The van der Waals surface area contributed by atoms with Crippen LogP contribution in [-0.2, 0) is 13.5 Å². The zero-order chi connectivity index (χ0) is 11.4. The van der Waals surface area contributed by atoms with Crippen LogP contribution in [0.15, 0.2) is 24.7 Å². The summed E-state index contributed by atoms with van der Waals surface area (Å²) in [7, 11) is 1.92. The zero-order valence-corrected chi connectivity index (χ0v) is 9.51. The molecule has 2 heterocycles. The van der Waals surface area contributed by atoms with Crippen molar-refractivity contribution in [3.05, 3.63) is 36.0 Å². The standard InChI is InChI=1S/C11H15N5/c1-9-11(14-7-6-12-9)13-5-3-10-4-8-16(2)15-10/h4,6-8H,3,5H2,1-2H3,(H,13,14). The summed E-state index contributed by atoms with van der Waals surface area (Å²) in [5.74, 6) is 0.846. The van der Waals surface area contributed by atoms with E-state index in [1.807, 2.05) is 30.9 Å². The van der Waals surface area contributed by atoms with Crippen LogP contribution in [0.4, 0.5) is 5.82 Å². The van der Waals surface area contributed by atoms with Crippen LogP contribution in [0.2, 0.25) is 0 Å². The summed E-state index contributed by atoms with van der Waals surface area (Å²) in [5, 5.41) is 7.55. The third-order valence-electron chi connectivity index (χ3n) is 2.32. The smallest absolute Gasteiger partial charge is 0.147 e. The highest BCUT2D eigenvalue weighted by atomic mass is 15.2. The predicted molar refractivity (Wildman–Crippen MR) is 62.2 cm³/mol. The van der Waals surface area contributed by atoms with E-state index < -0.39 is 0 Å². The molecule has 0 aliphatic heterocycles. The van der Waals surface area contributed by atoms with E-state index >= 15 is 0 Å². The van der Waals surface area contributed by atoms with Crippen molar-refractivity contribution >= 4 is 5.82 Å². The number of rotatable bonds is 4. The Kier molecular flexibility index (Phi) is 3.14. The van der Waals surface area contributed by atoms with Crippen molar-refractivity contribution in [2.45, 2.75) is 13.3 Å². The molecule has 84 valence electrons. The van der Waals surface area contributed by atoms with Gasteiger partial charge in [-0.1, -0.05) is 0 Å². The quantitative estimate of drug-likeness (QED) is 0.835. The van der Waals surface area contributed by atoms with Crippen LogP contribution in [0.25, 0.3) is 0 Å². The molecular formula is C11H15N5. The van der Waals surface area contributed by atoms with E-state index in [2.05, 4.69) is 20.4 Å². The predicted octanol–water partition coefficient (Wildman–Crippen LogP) is 1.17. The minimum Gasteiger partial charge on any atom is -0.368 e. The first kappa shape index (κ1) is 10.6. The molecule has 0 fully saturated rings. The van der Waals surface area contributed by atoms with Crippen LogP contribution in [0.3, 0.4) is 0 Å². The average molecular weight is 217 g/mol. The second-order valence-corrected chi connectivity index (χ2v) is 3.65. The highest BCUT2D eigenvalue weighted by molar-refractivity contribution is 5.38. The van der Waals surface area contributed by atoms with Crippen LogP contribution < -0.4 is 5.32 Å². The summed E-state index contributed by atoms with van der Waals surface area (Å²) < 4.78 is 1.81. The molecule has 0 spiro atoms. The van der Waals surface area contributed by atoms with E-state index in [0.29, 0.717) is 0 Å². The van der Waals surface area contributed by atoms with Gasteiger partial charge in [-0.15, -0.1) is 0 Å². The lowest BCUT2D eigenvalue weighted by Crippen LogP contribution is -2.08. The van der Waals surface area contributed by atoms with Gasteiger partial charge in [0.2, 0.25) is 0 Å². The van der Waals surface area contributed by atoms with E-state index in [-0.39, 0.29) is 0 Å². The SMILES string of the molecule is Cc1nccnc1NCCc1ccn(C)n1. The molecule has 0 bridgehead atoms. The number of aromatic nitrogens is 4. The van der Waals surface area contributed by atoms with Crippen molar-refractivity contribution in [1.29, 1.82) is 0 Å². The summed E-state index contributed by atoms with van der Waals surface area (Å²) in [6, 6.07) is 2.02. The van der Waals surface area contributed by atoms with Crippen LogP contribution in [-0.4, -0.2) is 26.3 Å². The lowest BCUT2D eigenvalue weighted by Gasteiger charge is -2.05. The summed E-state index contributed by atoms with van der Waals surface area (Å²) in [6.45, 7) is 2.76. The van der Waals surface area contributed by atoms with Gasteiger partial charge in [-0.05, 0) is 13.0 Å². The molecule has 0 unspecified atom stereocenters. The molecule has 0 atom stereocenters. The molecule has 2 aromatic rings. The van der Waals surface area contributed by atoms with E-state index in [4.69, 9.17) is 0 Å². The molecular weight excluding hydrogens is 202 g/mol. The Bertz CT molecular complexity index is 463. The monoisotopic (exact) mass is 217 g/mol. The van der Waals surface area contributed by atoms with Crippen molar-refractivity contribution in [2.24, 2.45) is 7.05 Å². The van der Waals surface area contributed by atoms with Gasteiger partial charge in [0.25, 0.3) is 0 Å². The Morgan fingerprint density at radius 2 is 2.12 bits per heavy atom. The first-order chi connectivity index (χ1) is 7.75. The largest absolute Gasteiger partial charge is 0.368 e. The maximum Gasteiger partial charge on any atom is 0.147 e. The van der Waals surface area contributed by atoms with Crippen molar-refractivity contribution in [3.63, 3.8) is 0 Å². The maximum atomic E-state index is 4.30. The minimum absolute atomic E-state index is 0.816. The minimum atomic E-state index is 0.816. The maximum absolute atomic E-state index is 4.30. The Labute approximate surface area is 94.5 Å². The van der Waals surface area contributed by atoms with Gasteiger partial charge >= 0.3 is 0 Å². The summed E-state index contributed by atoms with van der Waals surface area (Å²) in [5.41, 5.74) is 2.00. The molecule has 0 radical (unpaired) electrons. The second kappa shape index (κ2) is 4.74. The lowest BCUT2D eigenvalue weighted by molar-refractivity contribution is 0.741. The van der Waals surface area contributed by atoms with Gasteiger partial charge in [-0.25, -0.2) is 4.98 Å². The number of hydrogen-bond donors (Lipinski definition) is 1. The number of aryl methyl sites for hydroxylation is 2. The first-order valence-electron chi connectivity index (χ1n) is 5.26. The van der Waals surface area contributed by atoms with Gasteiger partial charge in [-0.2, -0.15) is 5.10 Å². The van der Waals surface area contributed by atoms with E-state index in [1.54, 1.807) is 12.4 Å². The van der Waals surface area contributed by atoms with E-state index in [0.717, 1.165) is 30.2 Å². The number of hydrogen-bond acceptors (Lipinski definition) is 4. The fourth-order valence-electron chi connectivity index (χ4n) is 1.49.